The molecular weight excluding hydrogens is 260 g/mol. The van der Waals surface area contributed by atoms with Crippen LogP contribution in [0.1, 0.15) is 17.2 Å². The molecule has 2 N–H and O–H groups in total. The SMILES string of the molecule is NC(Cc1cc(F)ccc1F)c1cnn2ccccc12. The first-order valence-corrected chi connectivity index (χ1v) is 6.27. The van der Waals surface area contributed by atoms with Crippen LogP contribution in [0.15, 0.2) is 48.8 Å². The largest absolute Gasteiger partial charge is 0.324 e. The molecule has 2 heterocycles. The highest BCUT2D eigenvalue weighted by atomic mass is 19.1. The summed E-state index contributed by atoms with van der Waals surface area (Å²) >= 11 is 0. The van der Waals surface area contributed by atoms with Gasteiger partial charge in [-0.25, -0.2) is 13.3 Å². The zero-order valence-electron chi connectivity index (χ0n) is 10.6. The van der Waals surface area contributed by atoms with Gasteiger partial charge in [-0.15, -0.1) is 0 Å². The number of halogens is 2. The van der Waals surface area contributed by atoms with Gasteiger partial charge in [-0.05, 0) is 42.3 Å². The Bertz CT molecular complexity index is 752. The smallest absolute Gasteiger partial charge is 0.126 e. The Kier molecular flexibility index (Phi) is 3.20. The van der Waals surface area contributed by atoms with Crippen LogP contribution in [0, 0.1) is 11.6 Å². The molecule has 0 spiro atoms. The first-order valence-electron chi connectivity index (χ1n) is 6.27. The van der Waals surface area contributed by atoms with Gasteiger partial charge in [0.15, 0.2) is 0 Å². The number of hydrogen-bond donors (Lipinski definition) is 1. The number of nitrogens with two attached hydrogens (primary N) is 1. The molecule has 1 aromatic carbocycles. The third-order valence-corrected chi connectivity index (χ3v) is 3.30. The second-order valence-electron chi connectivity index (χ2n) is 4.68. The minimum atomic E-state index is -0.464. The molecule has 0 radical (unpaired) electrons. The Morgan fingerprint density at radius 3 is 2.90 bits per heavy atom. The van der Waals surface area contributed by atoms with Crippen molar-refractivity contribution in [2.45, 2.75) is 12.5 Å². The molecule has 102 valence electrons. The van der Waals surface area contributed by atoms with Gasteiger partial charge in [-0.3, -0.25) is 0 Å². The number of fused-ring (bicyclic) bond motifs is 1. The van der Waals surface area contributed by atoms with Crippen molar-refractivity contribution in [3.8, 4) is 0 Å². The van der Waals surface area contributed by atoms with Crippen molar-refractivity contribution in [1.29, 1.82) is 0 Å². The molecule has 0 aliphatic carbocycles. The highest BCUT2D eigenvalue weighted by molar-refractivity contribution is 5.55. The van der Waals surface area contributed by atoms with E-state index in [1.807, 2.05) is 24.4 Å². The Morgan fingerprint density at radius 1 is 1.20 bits per heavy atom. The van der Waals surface area contributed by atoms with Crippen molar-refractivity contribution in [3.63, 3.8) is 0 Å². The lowest BCUT2D eigenvalue weighted by atomic mass is 10.0. The summed E-state index contributed by atoms with van der Waals surface area (Å²) < 4.78 is 28.5. The summed E-state index contributed by atoms with van der Waals surface area (Å²) in [6.07, 6.45) is 3.70. The molecule has 0 saturated carbocycles. The van der Waals surface area contributed by atoms with E-state index in [-0.39, 0.29) is 12.0 Å². The monoisotopic (exact) mass is 273 g/mol. The normalized spacial score (nSPS) is 12.8. The predicted molar refractivity (Wildman–Crippen MR) is 72.2 cm³/mol. The van der Waals surface area contributed by atoms with Crippen LogP contribution in [0.4, 0.5) is 8.78 Å². The lowest BCUT2D eigenvalue weighted by Gasteiger charge is -2.11. The number of benzene rings is 1. The highest BCUT2D eigenvalue weighted by Gasteiger charge is 2.15. The van der Waals surface area contributed by atoms with Crippen LogP contribution in [-0.4, -0.2) is 9.61 Å². The minimum Gasteiger partial charge on any atom is -0.324 e. The maximum atomic E-state index is 13.6. The fourth-order valence-corrected chi connectivity index (χ4v) is 2.29. The highest BCUT2D eigenvalue weighted by Crippen LogP contribution is 2.22. The zero-order chi connectivity index (χ0) is 14.1. The van der Waals surface area contributed by atoms with E-state index >= 15 is 0 Å². The topological polar surface area (TPSA) is 43.3 Å². The van der Waals surface area contributed by atoms with Crippen LogP contribution in [0.25, 0.3) is 5.52 Å². The van der Waals surface area contributed by atoms with E-state index in [0.717, 1.165) is 23.2 Å². The molecule has 0 saturated heterocycles. The van der Waals surface area contributed by atoms with Gasteiger partial charge in [0.05, 0.1) is 11.7 Å². The van der Waals surface area contributed by atoms with Crippen LogP contribution >= 0.6 is 0 Å². The van der Waals surface area contributed by atoms with Gasteiger partial charge in [0, 0.05) is 17.8 Å². The quantitative estimate of drug-likeness (QED) is 0.797. The fraction of sp³-hybridized carbons (Fsp3) is 0.133. The molecule has 0 aliphatic rings. The summed E-state index contributed by atoms with van der Waals surface area (Å²) in [6.45, 7) is 0. The number of aromatic nitrogens is 2. The van der Waals surface area contributed by atoms with Crippen molar-refractivity contribution < 1.29 is 8.78 Å². The van der Waals surface area contributed by atoms with Gasteiger partial charge in [0.2, 0.25) is 0 Å². The van der Waals surface area contributed by atoms with Crippen molar-refractivity contribution >= 4 is 5.52 Å². The maximum Gasteiger partial charge on any atom is 0.126 e. The molecular formula is C15H13F2N3. The molecule has 0 bridgehead atoms. The summed E-state index contributed by atoms with van der Waals surface area (Å²) in [7, 11) is 0. The molecule has 3 aromatic rings. The van der Waals surface area contributed by atoms with Crippen molar-refractivity contribution in [2.24, 2.45) is 5.73 Å². The van der Waals surface area contributed by atoms with Crippen LogP contribution < -0.4 is 5.73 Å². The summed E-state index contributed by atoms with van der Waals surface area (Å²) in [4.78, 5) is 0. The third-order valence-electron chi connectivity index (χ3n) is 3.30. The molecule has 5 heteroatoms. The molecule has 2 aromatic heterocycles. The zero-order valence-corrected chi connectivity index (χ0v) is 10.6. The molecule has 1 unspecified atom stereocenters. The Balaban J connectivity index is 1.93. The van der Waals surface area contributed by atoms with Crippen LogP contribution in [0.2, 0.25) is 0 Å². The number of nitrogens with zero attached hydrogens (tertiary/aromatic N) is 2. The van der Waals surface area contributed by atoms with Gasteiger partial charge in [0.25, 0.3) is 0 Å². The Labute approximate surface area is 114 Å². The van der Waals surface area contributed by atoms with Gasteiger partial charge in [-0.2, -0.15) is 5.10 Å². The standard InChI is InChI=1S/C15H13F2N3/c16-11-4-5-13(17)10(7-11)8-14(18)12-9-19-20-6-2-1-3-15(12)20/h1-7,9,14H,8,18H2. The van der Waals surface area contributed by atoms with E-state index < -0.39 is 17.7 Å². The second-order valence-corrected chi connectivity index (χ2v) is 4.68. The summed E-state index contributed by atoms with van der Waals surface area (Å²) in [5.74, 6) is -0.910. The van der Waals surface area contributed by atoms with Crippen LogP contribution in [0.5, 0.6) is 0 Å². The molecule has 0 aliphatic heterocycles. The second kappa shape index (κ2) is 5.02. The molecule has 0 fully saturated rings. The van der Waals surface area contributed by atoms with Crippen molar-refractivity contribution in [1.82, 2.24) is 9.61 Å². The van der Waals surface area contributed by atoms with E-state index in [2.05, 4.69) is 5.10 Å². The van der Waals surface area contributed by atoms with Gasteiger partial charge in [0.1, 0.15) is 11.6 Å². The third kappa shape index (κ3) is 2.28. The fourth-order valence-electron chi connectivity index (χ4n) is 2.29. The lowest BCUT2D eigenvalue weighted by molar-refractivity contribution is 0.573. The molecule has 0 amide bonds. The summed E-state index contributed by atoms with van der Waals surface area (Å²) in [5, 5.41) is 4.19. The van der Waals surface area contributed by atoms with Gasteiger partial charge >= 0.3 is 0 Å². The number of hydrogen-bond acceptors (Lipinski definition) is 2. The minimum absolute atomic E-state index is 0.222. The average Bonchev–Trinajstić information content (AvgIpc) is 2.87. The number of rotatable bonds is 3. The molecule has 3 nitrogen and oxygen atoms in total. The van der Waals surface area contributed by atoms with Crippen molar-refractivity contribution in [2.75, 3.05) is 0 Å². The Hall–Kier alpha value is -2.27. The lowest BCUT2D eigenvalue weighted by Crippen LogP contribution is -2.14. The first kappa shape index (κ1) is 12.7. The molecule has 20 heavy (non-hydrogen) atoms. The van der Waals surface area contributed by atoms with E-state index in [1.54, 1.807) is 10.7 Å². The van der Waals surface area contributed by atoms with Crippen LogP contribution in [-0.2, 0) is 6.42 Å². The van der Waals surface area contributed by atoms with E-state index in [0.29, 0.717) is 0 Å². The molecule has 3 rings (SSSR count). The van der Waals surface area contributed by atoms with Crippen molar-refractivity contribution in [3.05, 3.63) is 71.6 Å². The van der Waals surface area contributed by atoms with E-state index in [4.69, 9.17) is 5.73 Å². The predicted octanol–water partition coefficient (Wildman–Crippen LogP) is 2.86. The van der Waals surface area contributed by atoms with Gasteiger partial charge < -0.3 is 5.73 Å². The van der Waals surface area contributed by atoms with E-state index in [9.17, 15) is 8.78 Å². The van der Waals surface area contributed by atoms with E-state index in [1.165, 1.54) is 6.07 Å². The average molecular weight is 273 g/mol. The molecule has 1 atom stereocenters. The summed E-state index contributed by atoms with van der Waals surface area (Å²) in [5.41, 5.74) is 8.07. The Morgan fingerprint density at radius 2 is 2.05 bits per heavy atom. The maximum absolute atomic E-state index is 13.6. The van der Waals surface area contributed by atoms with Crippen LogP contribution in [0.3, 0.4) is 0 Å². The first-order chi connectivity index (χ1) is 9.65. The number of pyridine rings is 1. The van der Waals surface area contributed by atoms with Gasteiger partial charge in [-0.1, -0.05) is 6.07 Å². The summed E-state index contributed by atoms with van der Waals surface area (Å²) in [6, 6.07) is 8.60.